The zero-order valence-electron chi connectivity index (χ0n) is 60.0. The number of ether oxygens (including phenoxy) is 6. The van der Waals surface area contributed by atoms with Crippen LogP contribution in [0.1, 0.15) is 178 Å². The van der Waals surface area contributed by atoms with Gasteiger partial charge in [-0.3, -0.25) is 4.79 Å². The van der Waals surface area contributed by atoms with Crippen molar-refractivity contribution >= 4 is 65.3 Å². The summed E-state index contributed by atoms with van der Waals surface area (Å²) in [5, 5.41) is 49.7. The van der Waals surface area contributed by atoms with Gasteiger partial charge in [0, 0.05) is 77.2 Å². The van der Waals surface area contributed by atoms with Gasteiger partial charge in [0.25, 0.3) is 0 Å². The summed E-state index contributed by atoms with van der Waals surface area (Å²) >= 11 is 4.39. The predicted octanol–water partition coefficient (Wildman–Crippen LogP) is 11.5. The Morgan fingerprint density at radius 1 is 0.596 bits per heavy atom. The molecule has 20 heteroatoms. The summed E-state index contributed by atoms with van der Waals surface area (Å²) in [7, 11) is -3.71. The zero-order chi connectivity index (χ0) is 68.5. The standard InChI is InChI=1S/C24H44O6Si.C23H25BrO2P.C19H36O5Si.C4H8O.C4H9O.K/c1-24(2,3)31(4,5)29-17-19-18(12-8-6-7-9-13-22(26)27)20(25)16-21(19)30-23-14-10-11-15-28-23;24-27(19-11-10-18-23(25)26,20-12-4-1-5-13-20,21-14-6-2-7-15-21)22-16-8-3-9-17-22;1-19(2,3)25(4,5)22-12-14-13-10-17(20)23-15(13)11-16(14)24-18-8-6-7-9-21-18;1-2-4-5-3-1;1-4(2,3)5;/h6,8,18-21,23,25H,7,9-17H2,1-5H3,(H,26,27);1-9,12-17,27H,10-11,18-19H2,(H,25,26);13-18,20H,6-12H2,1-5H3;1-4H2;1-3H3;/q;-1;;;-1;+1/b8-6-;;;;;/t18-,19-,20+,21-,23?;;13-,14-,15?,16-,17?,18?;;;/m1.1.../s1. The van der Waals surface area contributed by atoms with Gasteiger partial charge in [0.15, 0.2) is 35.5 Å². The third-order valence-corrected chi connectivity index (χ3v) is 40.4. The Morgan fingerprint density at radius 2 is 1.02 bits per heavy atom. The molecule has 0 spiro atoms. The number of aliphatic hydroxyl groups excluding tert-OH is 2. The second-order valence-corrected chi connectivity index (χ2v) is 50.3. The molecule has 4 unspecified atom stereocenters. The van der Waals surface area contributed by atoms with Crippen molar-refractivity contribution in [2.24, 2.45) is 23.7 Å². The quantitative estimate of drug-likeness (QED) is 0.0284. The molecule has 4 saturated heterocycles. The number of aliphatic carboxylic acids is 2. The van der Waals surface area contributed by atoms with Crippen LogP contribution in [0.15, 0.2) is 103 Å². The number of fused-ring (bicyclic) bond motifs is 1. The topological polar surface area (TPSA) is 212 Å². The summed E-state index contributed by atoms with van der Waals surface area (Å²) in [4.78, 5) is 21.7. The summed E-state index contributed by atoms with van der Waals surface area (Å²) < 4.78 is 48.0. The van der Waals surface area contributed by atoms with Gasteiger partial charge >= 0.3 is 226 Å². The number of unbranched alkanes of at least 4 members (excludes halogenated alkanes) is 2. The van der Waals surface area contributed by atoms with Crippen molar-refractivity contribution in [3.8, 4) is 0 Å². The van der Waals surface area contributed by atoms with Crippen LogP contribution in [-0.2, 0) is 46.9 Å². The Kier molecular flexibility index (Phi) is 36.8. The van der Waals surface area contributed by atoms with Crippen molar-refractivity contribution in [3.05, 3.63) is 103 Å². The van der Waals surface area contributed by atoms with E-state index >= 15 is 0 Å². The SMILES string of the molecule is C1CCOC1.CC(C)(C)[O-].CC(C)(C)[Si](C)(C)OC[C@@H]1[C@@H](C/C=C\CCCC(=O)O)[C@@H](O)C[C@H]1OC1CCCCO1.CC(C)(C)[Si](C)(C)OC[C@H]1[C@H](OC2CCCCO2)CC2OC(O)C[C@@H]21.O=C(O)CCCC[PH-](Br)(c1ccccc1)(c1ccccc1)c1ccccc1.[K+]. The Labute approximate surface area is 619 Å². The maximum Gasteiger partial charge on any atom is 1.00 e. The first-order valence-electron chi connectivity index (χ1n) is 35.0. The Bertz CT molecular complexity index is 2510. The number of benzene rings is 3. The number of carboxylic acid groups (broad SMARTS) is 2. The van der Waals surface area contributed by atoms with Crippen LogP contribution in [0.5, 0.6) is 0 Å². The number of hydrogen-bond donors (Lipinski definition) is 4. The summed E-state index contributed by atoms with van der Waals surface area (Å²) in [5.74, 6) is -0.679. The molecule has 6 aliphatic rings. The number of halogens is 1. The summed E-state index contributed by atoms with van der Waals surface area (Å²) in [5.41, 5.74) is -0.750. The first-order valence-corrected chi connectivity index (χ1v) is 45.8. The molecule has 6 fully saturated rings. The van der Waals surface area contributed by atoms with Crippen molar-refractivity contribution in [3.63, 3.8) is 0 Å². The first kappa shape index (κ1) is 85.3. The molecule has 3 aromatic carbocycles. The summed E-state index contributed by atoms with van der Waals surface area (Å²) in [6.45, 7) is 32.4. The predicted molar refractivity (Wildman–Crippen MR) is 385 cm³/mol. The van der Waals surface area contributed by atoms with Crippen molar-refractivity contribution in [2.75, 3.05) is 45.8 Å². The zero-order valence-corrected chi connectivity index (χ0v) is 67.7. The van der Waals surface area contributed by atoms with Crippen LogP contribution in [0.4, 0.5) is 0 Å². The second-order valence-electron chi connectivity index (χ2n) is 30.6. The van der Waals surface area contributed by atoms with E-state index in [0.717, 1.165) is 90.4 Å². The van der Waals surface area contributed by atoms with Crippen LogP contribution in [0.3, 0.4) is 0 Å². The monoisotopic (exact) mass is 1460 g/mol. The third kappa shape index (κ3) is 27.3. The fourth-order valence-corrected chi connectivity index (χ4v) is 23.5. The number of aliphatic hydroxyl groups is 2. The Morgan fingerprint density at radius 3 is 1.43 bits per heavy atom. The summed E-state index contributed by atoms with van der Waals surface area (Å²) in [6, 6.07) is 31.9. The van der Waals surface area contributed by atoms with E-state index in [1.165, 1.54) is 35.2 Å². The molecule has 2 aliphatic carbocycles. The fraction of sp³-hybridized carbons (Fsp3) is 0.703. The molecule has 0 bridgehead atoms. The smallest absolute Gasteiger partial charge is 1.00 e. The fourth-order valence-electron chi connectivity index (χ4n) is 12.7. The Hall–Kier alpha value is -1.12. The van der Waals surface area contributed by atoms with E-state index < -0.39 is 51.9 Å². The van der Waals surface area contributed by atoms with E-state index in [1.807, 2.05) is 24.3 Å². The van der Waals surface area contributed by atoms with E-state index in [4.69, 9.17) is 47.5 Å². The molecular formula is C74H122BrKO15PSi2-. The van der Waals surface area contributed by atoms with Crippen LogP contribution in [0.25, 0.3) is 0 Å². The van der Waals surface area contributed by atoms with Crippen molar-refractivity contribution in [2.45, 2.75) is 263 Å². The van der Waals surface area contributed by atoms with E-state index in [0.29, 0.717) is 44.8 Å². The minimum Gasteiger partial charge on any atom is 1.00 e. The van der Waals surface area contributed by atoms with Crippen LogP contribution in [0, 0.1) is 23.7 Å². The molecule has 4 N–H and O–H groups in total. The number of rotatable bonds is 24. The number of hydrogen-bond acceptors (Lipinski definition) is 13. The van der Waals surface area contributed by atoms with Gasteiger partial charge in [-0.2, -0.15) is 0 Å². The van der Waals surface area contributed by atoms with Crippen LogP contribution >= 0.6 is 20.8 Å². The van der Waals surface area contributed by atoms with Gasteiger partial charge in [-0.1, -0.05) is 74.5 Å². The van der Waals surface area contributed by atoms with E-state index in [2.05, 4.69) is 162 Å². The van der Waals surface area contributed by atoms with E-state index in [-0.39, 0.29) is 123 Å². The van der Waals surface area contributed by atoms with Crippen molar-refractivity contribution in [1.82, 2.24) is 0 Å². The molecule has 4 heterocycles. The second kappa shape index (κ2) is 40.5. The van der Waals surface area contributed by atoms with Crippen LogP contribution in [0.2, 0.25) is 36.3 Å². The molecule has 0 radical (unpaired) electrons. The van der Waals surface area contributed by atoms with Crippen molar-refractivity contribution < 1.29 is 124 Å². The molecule has 2 saturated carbocycles. The number of carbonyl (C=O) groups is 2. The van der Waals surface area contributed by atoms with Gasteiger partial charge in [0.2, 0.25) is 0 Å². The normalized spacial score (nSPS) is 26.1. The number of carboxylic acids is 2. The van der Waals surface area contributed by atoms with Gasteiger partial charge < -0.3 is 57.7 Å². The van der Waals surface area contributed by atoms with Gasteiger partial charge in [-0.15, -0.1) is 5.60 Å². The summed E-state index contributed by atoms with van der Waals surface area (Å²) in [6.07, 6.45) is 19.0. The molecule has 4 aliphatic heterocycles. The molecular weight excluding hydrogens is 1330 g/mol. The van der Waals surface area contributed by atoms with Gasteiger partial charge in [-0.05, 0) is 119 Å². The van der Waals surface area contributed by atoms with Gasteiger partial charge in [0.05, 0.1) is 24.4 Å². The molecule has 530 valence electrons. The molecule has 9 rings (SSSR count). The minimum absolute atomic E-state index is 0. The van der Waals surface area contributed by atoms with Crippen molar-refractivity contribution in [1.29, 1.82) is 0 Å². The molecule has 3 aromatic rings. The average molecular weight is 1460 g/mol. The number of allylic oxidation sites excluding steroid dienone is 2. The largest absolute Gasteiger partial charge is 1.00 e. The minimum atomic E-state index is -3.22. The maximum atomic E-state index is 11.0. The van der Waals surface area contributed by atoms with Gasteiger partial charge in [0.1, 0.15) is 0 Å². The van der Waals surface area contributed by atoms with Crippen LogP contribution in [-0.4, -0.2) is 144 Å². The molecule has 0 amide bonds. The molecule has 0 aromatic heterocycles. The Balaban J connectivity index is 0.000000278. The van der Waals surface area contributed by atoms with Crippen LogP contribution < -0.4 is 72.4 Å². The molecule has 11 atom stereocenters. The van der Waals surface area contributed by atoms with Gasteiger partial charge in [-0.25, -0.2) is 0 Å². The average Bonchev–Trinajstić information content (AvgIpc) is 0.843. The first-order chi connectivity index (χ1) is 43.7. The van der Waals surface area contributed by atoms with E-state index in [1.54, 1.807) is 20.8 Å². The van der Waals surface area contributed by atoms with E-state index in [9.17, 15) is 24.9 Å². The maximum absolute atomic E-state index is 11.0. The third-order valence-electron chi connectivity index (χ3n) is 20.2. The molecule has 94 heavy (non-hydrogen) atoms. The molecule has 15 nitrogen and oxygen atoms in total.